The third-order valence-corrected chi connectivity index (χ3v) is 5.72. The van der Waals surface area contributed by atoms with E-state index in [0.717, 1.165) is 37.8 Å². The maximum Gasteiger partial charge on any atom is 0.318 e. The van der Waals surface area contributed by atoms with E-state index in [4.69, 9.17) is 0 Å². The van der Waals surface area contributed by atoms with Gasteiger partial charge in [-0.15, -0.1) is 0 Å². The molecule has 1 saturated carbocycles. The Bertz CT molecular complexity index is 864. The number of hydrogen-bond acceptors (Lipinski definition) is 2. The predicted molar refractivity (Wildman–Crippen MR) is 110 cm³/mol. The zero-order chi connectivity index (χ0) is 19.5. The number of benzene rings is 2. The minimum absolute atomic E-state index is 0.0144. The van der Waals surface area contributed by atoms with Crippen LogP contribution < -0.4 is 10.6 Å². The lowest BCUT2D eigenvalue weighted by Gasteiger charge is -2.39. The van der Waals surface area contributed by atoms with E-state index in [1.807, 2.05) is 21.9 Å². The second-order valence-electron chi connectivity index (χ2n) is 7.78. The van der Waals surface area contributed by atoms with Gasteiger partial charge in [0.05, 0.1) is 6.04 Å². The van der Waals surface area contributed by atoms with Crippen LogP contribution in [0.3, 0.4) is 0 Å². The number of amides is 4. The van der Waals surface area contributed by atoms with Crippen LogP contribution in [0, 0.1) is 0 Å². The average molecular weight is 380 g/mol. The van der Waals surface area contributed by atoms with Crippen LogP contribution in [0.2, 0.25) is 0 Å². The summed E-state index contributed by atoms with van der Waals surface area (Å²) in [6.45, 7) is 1.88. The number of likely N-dealkylation sites (tertiary alicyclic amines) is 1. The lowest BCUT2D eigenvalue weighted by atomic mass is 10.0. The summed E-state index contributed by atoms with van der Waals surface area (Å²) in [5.74, 6) is 0. The molecule has 0 spiro atoms. The molecule has 2 aromatic carbocycles. The molecule has 6 nitrogen and oxygen atoms in total. The minimum Gasteiger partial charge on any atom is -0.341 e. The van der Waals surface area contributed by atoms with Gasteiger partial charge in [0.25, 0.3) is 0 Å². The third-order valence-electron chi connectivity index (χ3n) is 5.72. The fourth-order valence-corrected chi connectivity index (χ4v) is 4.12. The Morgan fingerprint density at radius 1 is 1.07 bits per heavy atom. The van der Waals surface area contributed by atoms with Crippen molar-refractivity contribution in [3.63, 3.8) is 0 Å². The van der Waals surface area contributed by atoms with E-state index in [1.54, 1.807) is 7.05 Å². The first-order valence-corrected chi connectivity index (χ1v) is 10.2. The molecule has 0 radical (unpaired) electrons. The van der Waals surface area contributed by atoms with Crippen LogP contribution in [0.4, 0.5) is 9.59 Å². The molecule has 1 heterocycles. The molecule has 0 bridgehead atoms. The summed E-state index contributed by atoms with van der Waals surface area (Å²) in [7, 11) is 1.65. The largest absolute Gasteiger partial charge is 0.341 e. The van der Waals surface area contributed by atoms with Gasteiger partial charge >= 0.3 is 12.1 Å². The fraction of sp³-hybridized carbons (Fsp3) is 0.455. The first kappa shape index (κ1) is 18.6. The number of fused-ring (bicyclic) bond motifs is 1. The summed E-state index contributed by atoms with van der Waals surface area (Å²) in [4.78, 5) is 28.8. The normalized spacial score (nSPS) is 19.3. The highest BCUT2D eigenvalue weighted by Gasteiger charge is 2.39. The Kier molecular flexibility index (Phi) is 5.37. The van der Waals surface area contributed by atoms with E-state index in [1.165, 1.54) is 10.8 Å². The Labute approximate surface area is 165 Å². The summed E-state index contributed by atoms with van der Waals surface area (Å²) in [5, 5.41) is 8.19. The molecule has 4 rings (SSSR count). The topological polar surface area (TPSA) is 64.7 Å². The number of nitrogens with one attached hydrogen (secondary N) is 2. The van der Waals surface area contributed by atoms with Crippen molar-refractivity contribution in [1.29, 1.82) is 0 Å². The van der Waals surface area contributed by atoms with Crippen molar-refractivity contribution in [3.8, 4) is 0 Å². The predicted octanol–water partition coefficient (Wildman–Crippen LogP) is 3.32. The Morgan fingerprint density at radius 2 is 1.86 bits per heavy atom. The van der Waals surface area contributed by atoms with Crippen LogP contribution in [0.5, 0.6) is 0 Å². The van der Waals surface area contributed by atoms with E-state index in [-0.39, 0.29) is 18.1 Å². The number of urea groups is 2. The van der Waals surface area contributed by atoms with Gasteiger partial charge in [-0.05, 0) is 48.1 Å². The number of carbonyl (C=O) groups is 2. The highest BCUT2D eigenvalue weighted by molar-refractivity contribution is 5.83. The zero-order valence-corrected chi connectivity index (χ0v) is 16.4. The van der Waals surface area contributed by atoms with Gasteiger partial charge in [0, 0.05) is 32.7 Å². The second-order valence-corrected chi connectivity index (χ2v) is 7.78. The molecule has 1 atom stereocenters. The molecule has 6 heteroatoms. The van der Waals surface area contributed by atoms with Gasteiger partial charge < -0.3 is 20.4 Å². The van der Waals surface area contributed by atoms with Crippen molar-refractivity contribution in [2.75, 3.05) is 20.1 Å². The molecule has 1 saturated heterocycles. The van der Waals surface area contributed by atoms with Crippen molar-refractivity contribution in [2.24, 2.45) is 0 Å². The zero-order valence-electron chi connectivity index (χ0n) is 16.4. The first-order valence-electron chi connectivity index (χ1n) is 10.2. The number of rotatable bonds is 4. The Hall–Kier alpha value is -2.76. The van der Waals surface area contributed by atoms with Crippen LogP contribution in [0.1, 0.15) is 31.2 Å². The van der Waals surface area contributed by atoms with Crippen LogP contribution in [-0.4, -0.2) is 54.1 Å². The van der Waals surface area contributed by atoms with Gasteiger partial charge in [-0.1, -0.05) is 36.4 Å². The molecule has 2 fully saturated rings. The summed E-state index contributed by atoms with van der Waals surface area (Å²) in [6, 6.07) is 14.9. The summed E-state index contributed by atoms with van der Waals surface area (Å²) < 4.78 is 0. The van der Waals surface area contributed by atoms with Gasteiger partial charge in [-0.2, -0.15) is 0 Å². The van der Waals surface area contributed by atoms with Crippen LogP contribution in [0.15, 0.2) is 42.5 Å². The molecule has 1 aliphatic carbocycles. The Balaban J connectivity index is 1.41. The molecule has 2 aromatic rings. The third kappa shape index (κ3) is 4.06. The van der Waals surface area contributed by atoms with Crippen LogP contribution in [0.25, 0.3) is 10.8 Å². The molecule has 0 aromatic heterocycles. The quantitative estimate of drug-likeness (QED) is 0.855. The number of piperidine rings is 1. The van der Waals surface area contributed by atoms with Gasteiger partial charge in [-0.3, -0.25) is 0 Å². The molecule has 28 heavy (non-hydrogen) atoms. The molecular weight excluding hydrogens is 352 g/mol. The molecule has 2 aliphatic rings. The first-order chi connectivity index (χ1) is 13.7. The highest BCUT2D eigenvalue weighted by atomic mass is 16.2. The number of nitrogens with zero attached hydrogens (tertiary/aromatic N) is 2. The van der Waals surface area contributed by atoms with E-state index in [0.29, 0.717) is 19.1 Å². The minimum atomic E-state index is -0.0583. The van der Waals surface area contributed by atoms with Crippen LogP contribution >= 0.6 is 0 Å². The van der Waals surface area contributed by atoms with Crippen molar-refractivity contribution in [1.82, 2.24) is 20.4 Å². The SMILES string of the molecule is CNC(=O)N1CCC[C@@H](N(C(=O)NCc2ccc3ccccc3c2)C2CC2)C1. The number of hydrogen-bond donors (Lipinski definition) is 2. The lowest BCUT2D eigenvalue weighted by Crippen LogP contribution is -2.56. The fourth-order valence-electron chi connectivity index (χ4n) is 4.12. The molecule has 2 N–H and O–H groups in total. The maximum absolute atomic E-state index is 13.0. The lowest BCUT2D eigenvalue weighted by molar-refractivity contribution is 0.116. The number of carbonyl (C=O) groups excluding carboxylic acids is 2. The van der Waals surface area contributed by atoms with E-state index >= 15 is 0 Å². The molecule has 0 unspecified atom stereocenters. The maximum atomic E-state index is 13.0. The Morgan fingerprint density at radius 3 is 2.61 bits per heavy atom. The average Bonchev–Trinajstić information content (AvgIpc) is 3.57. The van der Waals surface area contributed by atoms with Crippen molar-refractivity contribution < 1.29 is 9.59 Å². The van der Waals surface area contributed by atoms with Crippen molar-refractivity contribution >= 4 is 22.8 Å². The molecule has 148 valence electrons. The second kappa shape index (κ2) is 8.09. The highest BCUT2D eigenvalue weighted by Crippen LogP contribution is 2.31. The van der Waals surface area contributed by atoms with Gasteiger partial charge in [-0.25, -0.2) is 9.59 Å². The molecule has 1 aliphatic heterocycles. The summed E-state index contributed by atoms with van der Waals surface area (Å²) in [5.41, 5.74) is 1.10. The van der Waals surface area contributed by atoms with Gasteiger partial charge in [0.2, 0.25) is 0 Å². The van der Waals surface area contributed by atoms with E-state index in [2.05, 4.69) is 41.0 Å². The standard InChI is InChI=1S/C22H28N4O2/c1-23-21(27)25-12-4-7-20(15-25)26(19-10-11-19)22(28)24-14-16-8-9-17-5-2-3-6-18(17)13-16/h2-3,5-6,8-9,13,19-20H,4,7,10-12,14-15H2,1H3,(H,23,27)(H,24,28)/t20-/m1/s1. The summed E-state index contributed by atoms with van der Waals surface area (Å²) in [6.07, 6.45) is 3.99. The smallest absolute Gasteiger partial charge is 0.318 e. The van der Waals surface area contributed by atoms with Crippen molar-refractivity contribution in [3.05, 3.63) is 48.0 Å². The monoisotopic (exact) mass is 380 g/mol. The summed E-state index contributed by atoms with van der Waals surface area (Å²) >= 11 is 0. The molecule has 4 amide bonds. The van der Waals surface area contributed by atoms with Gasteiger partial charge in [0.1, 0.15) is 0 Å². The molecular formula is C22H28N4O2. The van der Waals surface area contributed by atoms with E-state index in [9.17, 15) is 9.59 Å². The van der Waals surface area contributed by atoms with E-state index < -0.39 is 0 Å². The van der Waals surface area contributed by atoms with Crippen LogP contribution in [-0.2, 0) is 6.54 Å². The van der Waals surface area contributed by atoms with Crippen molar-refractivity contribution in [2.45, 2.75) is 44.3 Å². The van der Waals surface area contributed by atoms with Gasteiger partial charge in [0.15, 0.2) is 0 Å².